The minimum Gasteiger partial charge on any atom is -0.492 e. The smallest absolute Gasteiger partial charge is 0.227 e. The molecular weight excluding hydrogens is 288 g/mol. The second kappa shape index (κ2) is 5.80. The van der Waals surface area contributed by atoms with Crippen molar-refractivity contribution in [3.05, 3.63) is 65.9 Å². The van der Waals surface area contributed by atoms with E-state index in [0.717, 1.165) is 28.8 Å². The van der Waals surface area contributed by atoms with Gasteiger partial charge in [0, 0.05) is 18.3 Å². The molecule has 2 aromatic carbocycles. The Balaban J connectivity index is 1.40. The maximum Gasteiger partial charge on any atom is 0.227 e. The molecule has 23 heavy (non-hydrogen) atoms. The van der Waals surface area contributed by atoms with Gasteiger partial charge in [-0.25, -0.2) is 0 Å². The summed E-state index contributed by atoms with van der Waals surface area (Å²) in [6, 6.07) is 16.1. The molecule has 0 radical (unpaired) electrons. The number of nitrogens with one attached hydrogen (secondary N) is 2. The van der Waals surface area contributed by atoms with Gasteiger partial charge in [0.25, 0.3) is 0 Å². The number of carbonyl (C=O) groups excluding carboxylic acids is 1. The van der Waals surface area contributed by atoms with Crippen molar-refractivity contribution in [2.45, 2.75) is 13.0 Å². The van der Waals surface area contributed by atoms with Crippen LogP contribution in [0.25, 0.3) is 10.9 Å². The third-order valence-corrected chi connectivity index (χ3v) is 4.34. The van der Waals surface area contributed by atoms with Gasteiger partial charge in [0.1, 0.15) is 12.4 Å². The van der Waals surface area contributed by atoms with E-state index >= 15 is 0 Å². The van der Waals surface area contributed by atoms with Crippen molar-refractivity contribution in [2.75, 3.05) is 6.61 Å². The van der Waals surface area contributed by atoms with Crippen LogP contribution in [0.2, 0.25) is 0 Å². The second-order valence-electron chi connectivity index (χ2n) is 5.94. The topological polar surface area (TPSA) is 54.1 Å². The molecular formula is C19H18N2O2. The molecule has 0 fully saturated rings. The van der Waals surface area contributed by atoms with Crippen LogP contribution in [-0.2, 0) is 17.8 Å². The van der Waals surface area contributed by atoms with E-state index in [2.05, 4.69) is 22.4 Å². The number of hydrogen-bond acceptors (Lipinski definition) is 2. The van der Waals surface area contributed by atoms with E-state index in [4.69, 9.17) is 4.74 Å². The molecule has 0 saturated heterocycles. The number of ether oxygens (including phenoxy) is 1. The molecule has 4 heteroatoms. The quantitative estimate of drug-likeness (QED) is 0.781. The Morgan fingerprint density at radius 1 is 1.22 bits per heavy atom. The average molecular weight is 306 g/mol. The van der Waals surface area contributed by atoms with Crippen LogP contribution in [0.1, 0.15) is 11.1 Å². The fourth-order valence-corrected chi connectivity index (χ4v) is 3.03. The maximum atomic E-state index is 12.4. The summed E-state index contributed by atoms with van der Waals surface area (Å²) in [5, 5.41) is 4.20. The summed E-state index contributed by atoms with van der Waals surface area (Å²) in [5.74, 6) is 0.818. The predicted molar refractivity (Wildman–Crippen MR) is 89.3 cm³/mol. The molecule has 1 aliphatic rings. The zero-order valence-electron chi connectivity index (χ0n) is 12.7. The van der Waals surface area contributed by atoms with E-state index in [1.165, 1.54) is 5.39 Å². The van der Waals surface area contributed by atoms with E-state index in [0.29, 0.717) is 13.2 Å². The Bertz CT molecular complexity index is 853. The van der Waals surface area contributed by atoms with E-state index in [1.54, 1.807) is 0 Å². The van der Waals surface area contributed by atoms with Crippen molar-refractivity contribution >= 4 is 16.8 Å². The lowest BCUT2D eigenvalue weighted by atomic mass is 9.96. The van der Waals surface area contributed by atoms with E-state index in [1.807, 2.05) is 42.6 Å². The molecule has 0 saturated carbocycles. The van der Waals surface area contributed by atoms with Crippen molar-refractivity contribution < 1.29 is 9.53 Å². The van der Waals surface area contributed by atoms with Crippen LogP contribution in [0.4, 0.5) is 0 Å². The number of H-pyrrole nitrogens is 1. The van der Waals surface area contributed by atoms with Crippen LogP contribution >= 0.6 is 0 Å². The Labute approximate surface area is 134 Å². The molecule has 4 rings (SSSR count). The van der Waals surface area contributed by atoms with Crippen LogP contribution in [0.3, 0.4) is 0 Å². The lowest BCUT2D eigenvalue weighted by Crippen LogP contribution is -2.37. The molecule has 4 nitrogen and oxygen atoms in total. The summed E-state index contributed by atoms with van der Waals surface area (Å²) in [7, 11) is 0. The zero-order valence-corrected chi connectivity index (χ0v) is 12.7. The lowest BCUT2D eigenvalue weighted by molar-refractivity contribution is -0.126. The Morgan fingerprint density at radius 2 is 2.13 bits per heavy atom. The first kappa shape index (κ1) is 13.9. The van der Waals surface area contributed by atoms with E-state index in [-0.39, 0.29) is 11.8 Å². The molecule has 0 spiro atoms. The van der Waals surface area contributed by atoms with Gasteiger partial charge in [-0.1, -0.05) is 30.3 Å². The number of amides is 1. The number of para-hydroxylation sites is 1. The summed E-state index contributed by atoms with van der Waals surface area (Å²) in [4.78, 5) is 15.6. The highest BCUT2D eigenvalue weighted by molar-refractivity contribution is 5.81. The van der Waals surface area contributed by atoms with Crippen LogP contribution in [0.15, 0.2) is 54.7 Å². The standard InChI is InChI=1S/C19H18N2O2/c22-19(16-10-15-3-1-2-4-18(15)23-12-16)21-11-13-5-6-14-7-8-20-17(14)9-13/h1-9,16,20H,10-12H2,(H,21,22)/t16-/m1/s1. The number of aromatic nitrogens is 1. The largest absolute Gasteiger partial charge is 0.492 e. The van der Waals surface area contributed by atoms with Gasteiger partial charge in [0.2, 0.25) is 5.91 Å². The minimum atomic E-state index is -0.126. The maximum absolute atomic E-state index is 12.4. The van der Waals surface area contributed by atoms with Gasteiger partial charge >= 0.3 is 0 Å². The molecule has 0 bridgehead atoms. The van der Waals surface area contributed by atoms with Gasteiger partial charge < -0.3 is 15.0 Å². The summed E-state index contributed by atoms with van der Waals surface area (Å²) >= 11 is 0. The summed E-state index contributed by atoms with van der Waals surface area (Å²) < 4.78 is 5.69. The number of benzene rings is 2. The Kier molecular flexibility index (Phi) is 3.50. The first-order chi connectivity index (χ1) is 11.3. The average Bonchev–Trinajstić information content (AvgIpc) is 3.07. The minimum absolute atomic E-state index is 0.0473. The Hall–Kier alpha value is -2.75. The van der Waals surface area contributed by atoms with Crippen LogP contribution in [0.5, 0.6) is 5.75 Å². The monoisotopic (exact) mass is 306 g/mol. The Morgan fingerprint density at radius 3 is 3.09 bits per heavy atom. The summed E-state index contributed by atoms with van der Waals surface area (Å²) in [5.41, 5.74) is 3.28. The van der Waals surface area contributed by atoms with Gasteiger partial charge in [-0.15, -0.1) is 0 Å². The number of aromatic amines is 1. The van der Waals surface area contributed by atoms with Gasteiger partial charge in [-0.2, -0.15) is 0 Å². The SMILES string of the molecule is O=C(NCc1ccc2cc[nH]c2c1)[C@H]1COc2ccccc2C1. The fraction of sp³-hybridized carbons (Fsp3) is 0.211. The van der Waals surface area contributed by atoms with Crippen LogP contribution in [0, 0.1) is 5.92 Å². The highest BCUT2D eigenvalue weighted by atomic mass is 16.5. The van der Waals surface area contributed by atoms with Gasteiger partial charge in [0.05, 0.1) is 5.92 Å². The first-order valence-corrected chi connectivity index (χ1v) is 7.84. The van der Waals surface area contributed by atoms with E-state index in [9.17, 15) is 4.79 Å². The van der Waals surface area contributed by atoms with Crippen molar-refractivity contribution in [1.82, 2.24) is 10.3 Å². The van der Waals surface area contributed by atoms with Crippen molar-refractivity contribution in [1.29, 1.82) is 0 Å². The molecule has 116 valence electrons. The molecule has 1 atom stereocenters. The van der Waals surface area contributed by atoms with E-state index < -0.39 is 0 Å². The first-order valence-electron chi connectivity index (χ1n) is 7.84. The van der Waals surface area contributed by atoms with Gasteiger partial charge in [-0.3, -0.25) is 4.79 Å². The fourth-order valence-electron chi connectivity index (χ4n) is 3.03. The summed E-state index contributed by atoms with van der Waals surface area (Å²) in [6.07, 6.45) is 2.65. The highest BCUT2D eigenvalue weighted by Crippen LogP contribution is 2.26. The molecule has 1 aliphatic heterocycles. The zero-order chi connectivity index (χ0) is 15.6. The third-order valence-electron chi connectivity index (χ3n) is 4.34. The third kappa shape index (κ3) is 2.80. The molecule has 1 amide bonds. The van der Waals surface area contributed by atoms with Gasteiger partial charge in [0.15, 0.2) is 0 Å². The molecule has 2 heterocycles. The normalized spacial score (nSPS) is 16.6. The highest BCUT2D eigenvalue weighted by Gasteiger charge is 2.25. The predicted octanol–water partition coefficient (Wildman–Crippen LogP) is 3.04. The van der Waals surface area contributed by atoms with Crippen molar-refractivity contribution in [3.8, 4) is 5.75 Å². The van der Waals surface area contributed by atoms with Crippen molar-refractivity contribution in [3.63, 3.8) is 0 Å². The molecule has 2 N–H and O–H groups in total. The number of carbonyl (C=O) groups is 1. The van der Waals surface area contributed by atoms with Crippen molar-refractivity contribution in [2.24, 2.45) is 5.92 Å². The summed E-state index contributed by atoms with van der Waals surface area (Å²) in [6.45, 7) is 0.977. The number of fused-ring (bicyclic) bond motifs is 2. The van der Waals surface area contributed by atoms with Crippen LogP contribution in [-0.4, -0.2) is 17.5 Å². The second-order valence-corrected chi connectivity index (χ2v) is 5.94. The number of hydrogen-bond donors (Lipinski definition) is 2. The lowest BCUT2D eigenvalue weighted by Gasteiger charge is -2.24. The number of rotatable bonds is 3. The molecule has 0 aliphatic carbocycles. The van der Waals surface area contributed by atoms with Crippen LogP contribution < -0.4 is 10.1 Å². The van der Waals surface area contributed by atoms with Gasteiger partial charge in [-0.05, 0) is 41.1 Å². The molecule has 0 unspecified atom stereocenters. The molecule has 3 aromatic rings. The molecule has 1 aromatic heterocycles.